The van der Waals surface area contributed by atoms with Gasteiger partial charge in [0.15, 0.2) is 0 Å². The SMILES string of the molecule is CN(CCCc1ccc(N)cc1)CC1CC2CCC1C2. The zero-order chi connectivity index (χ0) is 13.9. The predicted octanol–water partition coefficient (Wildman–Crippen LogP) is 3.57. The van der Waals surface area contributed by atoms with Crippen molar-refractivity contribution in [3.63, 3.8) is 0 Å². The number of hydrogen-bond acceptors (Lipinski definition) is 2. The first kappa shape index (κ1) is 13.9. The predicted molar refractivity (Wildman–Crippen MR) is 85.6 cm³/mol. The van der Waals surface area contributed by atoms with Crippen molar-refractivity contribution in [2.75, 3.05) is 25.9 Å². The largest absolute Gasteiger partial charge is 0.399 e. The lowest BCUT2D eigenvalue weighted by Gasteiger charge is -2.27. The van der Waals surface area contributed by atoms with Crippen LogP contribution in [0, 0.1) is 17.8 Å². The number of nitrogens with two attached hydrogens (primary N) is 1. The first-order chi connectivity index (χ1) is 9.70. The Morgan fingerprint density at radius 2 is 1.95 bits per heavy atom. The highest BCUT2D eigenvalue weighted by Crippen LogP contribution is 2.48. The lowest BCUT2D eigenvalue weighted by molar-refractivity contribution is 0.218. The van der Waals surface area contributed by atoms with E-state index in [2.05, 4.69) is 24.1 Å². The molecule has 2 fully saturated rings. The maximum atomic E-state index is 5.72. The molecule has 2 aliphatic rings. The van der Waals surface area contributed by atoms with Gasteiger partial charge in [-0.05, 0) is 81.1 Å². The van der Waals surface area contributed by atoms with Crippen molar-refractivity contribution >= 4 is 5.69 Å². The van der Waals surface area contributed by atoms with Crippen molar-refractivity contribution in [1.29, 1.82) is 0 Å². The number of aryl methyl sites for hydroxylation is 1. The maximum Gasteiger partial charge on any atom is 0.0314 e. The monoisotopic (exact) mass is 272 g/mol. The molecule has 2 nitrogen and oxygen atoms in total. The van der Waals surface area contributed by atoms with Gasteiger partial charge in [0, 0.05) is 12.2 Å². The molecular weight excluding hydrogens is 244 g/mol. The van der Waals surface area contributed by atoms with Crippen LogP contribution in [0.1, 0.15) is 37.7 Å². The smallest absolute Gasteiger partial charge is 0.0314 e. The fourth-order valence-electron chi connectivity index (χ4n) is 4.33. The average molecular weight is 272 g/mol. The van der Waals surface area contributed by atoms with Crippen LogP contribution in [-0.2, 0) is 6.42 Å². The number of nitrogen functional groups attached to an aromatic ring is 1. The van der Waals surface area contributed by atoms with E-state index in [9.17, 15) is 0 Å². The Morgan fingerprint density at radius 1 is 1.15 bits per heavy atom. The lowest BCUT2D eigenvalue weighted by Crippen LogP contribution is -2.29. The van der Waals surface area contributed by atoms with Crippen LogP contribution in [0.25, 0.3) is 0 Å². The second-order valence-electron chi connectivity index (χ2n) is 7.04. The van der Waals surface area contributed by atoms with Crippen molar-refractivity contribution in [3.8, 4) is 0 Å². The quantitative estimate of drug-likeness (QED) is 0.802. The minimum absolute atomic E-state index is 0.863. The molecule has 1 aromatic rings. The highest BCUT2D eigenvalue weighted by molar-refractivity contribution is 5.39. The first-order valence-corrected chi connectivity index (χ1v) is 8.23. The third kappa shape index (κ3) is 3.35. The number of benzene rings is 1. The van der Waals surface area contributed by atoms with E-state index in [1.54, 1.807) is 0 Å². The Morgan fingerprint density at radius 3 is 2.60 bits per heavy atom. The summed E-state index contributed by atoms with van der Waals surface area (Å²) in [5, 5.41) is 0. The molecule has 2 saturated carbocycles. The fraction of sp³-hybridized carbons (Fsp3) is 0.667. The molecule has 0 saturated heterocycles. The summed E-state index contributed by atoms with van der Waals surface area (Å²) >= 11 is 0. The molecule has 2 aliphatic carbocycles. The molecule has 3 unspecified atom stereocenters. The van der Waals surface area contributed by atoms with Gasteiger partial charge in [-0.15, -0.1) is 0 Å². The third-order valence-corrected chi connectivity index (χ3v) is 5.42. The Bertz CT molecular complexity index is 426. The number of hydrogen-bond donors (Lipinski definition) is 1. The van der Waals surface area contributed by atoms with Crippen molar-refractivity contribution in [2.45, 2.75) is 38.5 Å². The van der Waals surface area contributed by atoms with Gasteiger partial charge in [-0.3, -0.25) is 0 Å². The van der Waals surface area contributed by atoms with Gasteiger partial charge >= 0.3 is 0 Å². The summed E-state index contributed by atoms with van der Waals surface area (Å²) in [5.74, 6) is 3.13. The zero-order valence-corrected chi connectivity index (χ0v) is 12.7. The van der Waals surface area contributed by atoms with Crippen molar-refractivity contribution in [2.24, 2.45) is 17.8 Å². The second kappa shape index (κ2) is 6.17. The molecule has 3 rings (SSSR count). The summed E-state index contributed by atoms with van der Waals surface area (Å²) in [7, 11) is 2.30. The summed E-state index contributed by atoms with van der Waals surface area (Å²) in [4.78, 5) is 2.56. The highest BCUT2D eigenvalue weighted by atomic mass is 15.1. The van der Waals surface area contributed by atoms with Gasteiger partial charge in [-0.1, -0.05) is 18.6 Å². The fourth-order valence-corrected chi connectivity index (χ4v) is 4.33. The van der Waals surface area contributed by atoms with Crippen LogP contribution in [0.4, 0.5) is 5.69 Å². The van der Waals surface area contributed by atoms with Crippen LogP contribution >= 0.6 is 0 Å². The van der Waals surface area contributed by atoms with Crippen LogP contribution in [0.5, 0.6) is 0 Å². The summed E-state index contributed by atoms with van der Waals surface area (Å²) in [5.41, 5.74) is 7.99. The number of fused-ring (bicyclic) bond motifs is 2. The van der Waals surface area contributed by atoms with E-state index in [1.165, 1.54) is 57.2 Å². The van der Waals surface area contributed by atoms with E-state index in [0.717, 1.165) is 23.4 Å². The van der Waals surface area contributed by atoms with E-state index in [1.807, 2.05) is 12.1 Å². The molecule has 0 radical (unpaired) electrons. The van der Waals surface area contributed by atoms with Gasteiger partial charge in [0.05, 0.1) is 0 Å². The van der Waals surface area contributed by atoms with Gasteiger partial charge in [-0.2, -0.15) is 0 Å². The minimum atomic E-state index is 0.863. The molecule has 0 spiro atoms. The average Bonchev–Trinajstić information content (AvgIpc) is 3.03. The second-order valence-corrected chi connectivity index (χ2v) is 7.04. The highest BCUT2D eigenvalue weighted by Gasteiger charge is 2.39. The van der Waals surface area contributed by atoms with Crippen LogP contribution in [0.3, 0.4) is 0 Å². The Labute approximate surface area is 123 Å². The summed E-state index contributed by atoms with van der Waals surface area (Å²) < 4.78 is 0. The van der Waals surface area contributed by atoms with E-state index in [-0.39, 0.29) is 0 Å². The third-order valence-electron chi connectivity index (χ3n) is 5.42. The van der Waals surface area contributed by atoms with Crippen LogP contribution in [0.2, 0.25) is 0 Å². The van der Waals surface area contributed by atoms with Gasteiger partial charge in [0.1, 0.15) is 0 Å². The maximum absolute atomic E-state index is 5.72. The molecule has 2 bridgehead atoms. The summed E-state index contributed by atoms with van der Waals surface area (Å²) in [6.07, 6.45) is 8.48. The van der Waals surface area contributed by atoms with Gasteiger partial charge in [-0.25, -0.2) is 0 Å². The molecular formula is C18H28N2. The normalized spacial score (nSPS) is 28.4. The molecule has 2 heteroatoms. The first-order valence-electron chi connectivity index (χ1n) is 8.23. The molecule has 3 atom stereocenters. The van der Waals surface area contributed by atoms with Crippen molar-refractivity contribution < 1.29 is 0 Å². The lowest BCUT2D eigenvalue weighted by atomic mass is 9.88. The van der Waals surface area contributed by atoms with E-state index in [4.69, 9.17) is 5.73 Å². The summed E-state index contributed by atoms with van der Waals surface area (Å²) in [6, 6.07) is 8.33. The molecule has 0 amide bonds. The number of anilines is 1. The molecule has 110 valence electrons. The molecule has 0 heterocycles. The van der Waals surface area contributed by atoms with Crippen LogP contribution in [-0.4, -0.2) is 25.0 Å². The zero-order valence-electron chi connectivity index (χ0n) is 12.7. The van der Waals surface area contributed by atoms with Crippen molar-refractivity contribution in [1.82, 2.24) is 4.90 Å². The molecule has 0 aliphatic heterocycles. The Balaban J connectivity index is 1.37. The number of rotatable bonds is 6. The van der Waals surface area contributed by atoms with Crippen LogP contribution < -0.4 is 5.73 Å². The van der Waals surface area contributed by atoms with Gasteiger partial charge in [0.2, 0.25) is 0 Å². The summed E-state index contributed by atoms with van der Waals surface area (Å²) in [6.45, 7) is 2.54. The molecule has 2 N–H and O–H groups in total. The molecule has 0 aromatic heterocycles. The van der Waals surface area contributed by atoms with Gasteiger partial charge < -0.3 is 10.6 Å². The van der Waals surface area contributed by atoms with E-state index >= 15 is 0 Å². The molecule has 20 heavy (non-hydrogen) atoms. The Hall–Kier alpha value is -1.02. The topological polar surface area (TPSA) is 29.3 Å². The minimum Gasteiger partial charge on any atom is -0.399 e. The number of nitrogens with zero attached hydrogens (tertiary/aromatic N) is 1. The van der Waals surface area contributed by atoms with Gasteiger partial charge in [0.25, 0.3) is 0 Å². The van der Waals surface area contributed by atoms with E-state index in [0.29, 0.717) is 0 Å². The Kier molecular flexibility index (Phi) is 4.30. The standard InChI is InChI=1S/C18H28N2/c1-20(13-17-12-15-4-7-16(17)11-15)10-2-3-14-5-8-18(19)9-6-14/h5-6,8-9,15-17H,2-4,7,10-13,19H2,1H3. The molecule has 1 aromatic carbocycles. The van der Waals surface area contributed by atoms with E-state index < -0.39 is 0 Å². The van der Waals surface area contributed by atoms with Crippen LogP contribution in [0.15, 0.2) is 24.3 Å². The van der Waals surface area contributed by atoms with Crippen molar-refractivity contribution in [3.05, 3.63) is 29.8 Å².